The van der Waals surface area contributed by atoms with Crippen LogP contribution in [0.25, 0.3) is 0 Å². The molecule has 7 heteroatoms. The monoisotopic (exact) mass is 394 g/mol. The van der Waals surface area contributed by atoms with Crippen LogP contribution in [0.15, 0.2) is 42.5 Å². The Balaban J connectivity index is 1.53. The molecule has 1 atom stereocenters. The summed E-state index contributed by atoms with van der Waals surface area (Å²) in [6.07, 6.45) is 10.6. The maximum Gasteiger partial charge on any atom is 0.245 e. The van der Waals surface area contributed by atoms with Crippen LogP contribution in [0.1, 0.15) is 56.8 Å². The third kappa shape index (κ3) is 4.24. The average Bonchev–Trinajstić information content (AvgIpc) is 3.43. The number of nitrogens with zero attached hydrogens (tertiary/aromatic N) is 5. The fourth-order valence-electron chi connectivity index (χ4n) is 4.59. The topological polar surface area (TPSA) is 75.9 Å². The summed E-state index contributed by atoms with van der Waals surface area (Å²) in [6, 6.07) is 10.6. The molecule has 1 aliphatic carbocycles. The summed E-state index contributed by atoms with van der Waals surface area (Å²) in [7, 11) is 0. The van der Waals surface area contributed by atoms with Gasteiger partial charge in [-0.1, -0.05) is 68.7 Å². The second-order valence-electron chi connectivity index (χ2n) is 8.09. The van der Waals surface area contributed by atoms with Gasteiger partial charge in [0.05, 0.1) is 11.6 Å². The Bertz CT molecular complexity index is 840. The van der Waals surface area contributed by atoms with Gasteiger partial charge in [0.1, 0.15) is 6.54 Å². The minimum Gasteiger partial charge on any atom is -0.331 e. The van der Waals surface area contributed by atoms with E-state index in [0.717, 1.165) is 44.5 Å². The molecule has 0 radical (unpaired) electrons. The molecule has 4 rings (SSSR count). The van der Waals surface area contributed by atoms with Crippen molar-refractivity contribution in [1.82, 2.24) is 30.4 Å². The van der Waals surface area contributed by atoms with Gasteiger partial charge >= 0.3 is 0 Å². The molecule has 7 nitrogen and oxygen atoms in total. The summed E-state index contributed by atoms with van der Waals surface area (Å²) >= 11 is 0. The molecular formula is C22H30N6O. The Morgan fingerprint density at radius 1 is 1.21 bits per heavy atom. The Morgan fingerprint density at radius 2 is 2.00 bits per heavy atom. The van der Waals surface area contributed by atoms with E-state index in [1.807, 2.05) is 11.0 Å². The Labute approximate surface area is 172 Å². The van der Waals surface area contributed by atoms with Gasteiger partial charge < -0.3 is 10.2 Å². The predicted molar refractivity (Wildman–Crippen MR) is 111 cm³/mol. The number of hydrogen-bond acceptors (Lipinski definition) is 5. The normalized spacial score (nSPS) is 20.9. The van der Waals surface area contributed by atoms with Crippen LogP contribution in [0.4, 0.5) is 0 Å². The molecular weight excluding hydrogens is 364 g/mol. The van der Waals surface area contributed by atoms with Crippen molar-refractivity contribution >= 4 is 5.91 Å². The summed E-state index contributed by atoms with van der Waals surface area (Å²) in [5, 5.41) is 16.3. The molecule has 1 unspecified atom stereocenters. The highest BCUT2D eigenvalue weighted by molar-refractivity contribution is 5.77. The number of rotatable bonds is 7. The van der Waals surface area contributed by atoms with Crippen LogP contribution in [0.5, 0.6) is 0 Å². The maximum absolute atomic E-state index is 12.9. The van der Waals surface area contributed by atoms with E-state index in [0.29, 0.717) is 6.54 Å². The number of amides is 1. The minimum atomic E-state index is -0.286. The maximum atomic E-state index is 12.9. The molecule has 0 spiro atoms. The Kier molecular flexibility index (Phi) is 6.04. The first-order valence-electron chi connectivity index (χ1n) is 10.7. The zero-order valence-corrected chi connectivity index (χ0v) is 17.1. The highest BCUT2D eigenvalue weighted by Crippen LogP contribution is 2.36. The van der Waals surface area contributed by atoms with E-state index in [-0.39, 0.29) is 24.0 Å². The van der Waals surface area contributed by atoms with Gasteiger partial charge in [-0.2, -0.15) is 0 Å². The van der Waals surface area contributed by atoms with Crippen molar-refractivity contribution in [2.45, 2.75) is 70.1 Å². The number of aromatic nitrogens is 4. The van der Waals surface area contributed by atoms with E-state index in [9.17, 15) is 4.79 Å². The molecule has 2 aliphatic rings. The summed E-state index contributed by atoms with van der Waals surface area (Å²) in [5.41, 5.74) is 0.951. The molecule has 1 aliphatic heterocycles. The number of nitrogens with one attached hydrogen (secondary N) is 1. The SMILES string of the molecule is CCC1C=CCN1C(=O)Cn1nnnc1C1(NCc2ccccc2)CCCCC1. The zero-order chi connectivity index (χ0) is 20.1. The van der Waals surface area contributed by atoms with Gasteiger partial charge in [0, 0.05) is 13.1 Å². The molecule has 1 aromatic carbocycles. The molecule has 2 heterocycles. The van der Waals surface area contributed by atoms with Gasteiger partial charge in [0.2, 0.25) is 5.91 Å². The largest absolute Gasteiger partial charge is 0.331 e. The van der Waals surface area contributed by atoms with Crippen LogP contribution in [-0.4, -0.2) is 43.6 Å². The van der Waals surface area contributed by atoms with E-state index in [2.05, 4.69) is 64.2 Å². The van der Waals surface area contributed by atoms with Crippen LogP contribution in [0, 0.1) is 0 Å². The first-order valence-corrected chi connectivity index (χ1v) is 10.7. The molecule has 1 N–H and O–H groups in total. The Hall–Kier alpha value is -2.54. The molecule has 1 saturated carbocycles. The van der Waals surface area contributed by atoms with Gasteiger partial charge in [0.15, 0.2) is 5.82 Å². The first kappa shape index (κ1) is 19.8. The Morgan fingerprint density at radius 3 is 2.76 bits per heavy atom. The second-order valence-corrected chi connectivity index (χ2v) is 8.09. The molecule has 0 bridgehead atoms. The van der Waals surface area contributed by atoms with E-state index in [1.54, 1.807) is 4.68 Å². The van der Waals surface area contributed by atoms with Crippen molar-refractivity contribution < 1.29 is 4.79 Å². The van der Waals surface area contributed by atoms with Gasteiger partial charge in [-0.25, -0.2) is 4.68 Å². The van der Waals surface area contributed by atoms with E-state index in [1.165, 1.54) is 12.0 Å². The average molecular weight is 395 g/mol. The number of carbonyl (C=O) groups excluding carboxylic acids is 1. The third-order valence-corrected chi connectivity index (χ3v) is 6.23. The van der Waals surface area contributed by atoms with E-state index < -0.39 is 0 Å². The third-order valence-electron chi connectivity index (χ3n) is 6.23. The van der Waals surface area contributed by atoms with Crippen LogP contribution in [0.3, 0.4) is 0 Å². The van der Waals surface area contributed by atoms with Crippen molar-refractivity contribution in [1.29, 1.82) is 0 Å². The van der Waals surface area contributed by atoms with Gasteiger partial charge in [0.25, 0.3) is 0 Å². The highest BCUT2D eigenvalue weighted by Gasteiger charge is 2.39. The van der Waals surface area contributed by atoms with Crippen molar-refractivity contribution in [3.8, 4) is 0 Å². The van der Waals surface area contributed by atoms with Crippen molar-refractivity contribution in [3.05, 3.63) is 53.9 Å². The summed E-state index contributed by atoms with van der Waals surface area (Å²) in [5.74, 6) is 0.867. The summed E-state index contributed by atoms with van der Waals surface area (Å²) in [4.78, 5) is 14.9. The van der Waals surface area contributed by atoms with Crippen molar-refractivity contribution in [3.63, 3.8) is 0 Å². The van der Waals surface area contributed by atoms with Gasteiger partial charge in [-0.15, -0.1) is 5.10 Å². The number of hydrogen-bond donors (Lipinski definition) is 1. The predicted octanol–water partition coefficient (Wildman–Crippen LogP) is 2.80. The van der Waals surface area contributed by atoms with E-state index in [4.69, 9.17) is 0 Å². The van der Waals surface area contributed by atoms with Crippen molar-refractivity contribution in [2.24, 2.45) is 0 Å². The molecule has 1 amide bonds. The number of carbonyl (C=O) groups is 1. The molecule has 0 saturated heterocycles. The van der Waals surface area contributed by atoms with Crippen LogP contribution >= 0.6 is 0 Å². The molecule has 2 aromatic rings. The smallest absolute Gasteiger partial charge is 0.245 e. The molecule has 1 fully saturated rings. The summed E-state index contributed by atoms with van der Waals surface area (Å²) < 4.78 is 1.72. The van der Waals surface area contributed by atoms with Crippen LogP contribution < -0.4 is 5.32 Å². The molecule has 29 heavy (non-hydrogen) atoms. The fourth-order valence-corrected chi connectivity index (χ4v) is 4.59. The lowest BCUT2D eigenvalue weighted by Gasteiger charge is -2.37. The lowest BCUT2D eigenvalue weighted by molar-refractivity contribution is -0.132. The van der Waals surface area contributed by atoms with Crippen molar-refractivity contribution in [2.75, 3.05) is 6.54 Å². The van der Waals surface area contributed by atoms with Crippen LogP contribution in [-0.2, 0) is 23.4 Å². The second kappa shape index (κ2) is 8.86. The first-order chi connectivity index (χ1) is 14.2. The fraction of sp³-hybridized carbons (Fsp3) is 0.545. The van der Waals surface area contributed by atoms with Crippen LogP contribution in [0.2, 0.25) is 0 Å². The summed E-state index contributed by atoms with van der Waals surface area (Å²) in [6.45, 7) is 3.73. The minimum absolute atomic E-state index is 0.0735. The number of benzene rings is 1. The molecule has 1 aromatic heterocycles. The standard InChI is InChI=1S/C22H30N6O/c1-2-19-12-9-15-27(19)20(29)17-28-21(24-25-26-28)22(13-7-4-8-14-22)23-16-18-10-5-3-6-11-18/h3,5-6,9-12,19,23H,2,4,7-8,13-17H2,1H3. The van der Waals surface area contributed by atoms with Gasteiger partial charge in [-0.05, 0) is 35.3 Å². The quantitative estimate of drug-likeness (QED) is 0.731. The highest BCUT2D eigenvalue weighted by atomic mass is 16.2. The lowest BCUT2D eigenvalue weighted by atomic mass is 9.80. The molecule has 154 valence electrons. The van der Waals surface area contributed by atoms with Gasteiger partial charge in [-0.3, -0.25) is 4.79 Å². The lowest BCUT2D eigenvalue weighted by Crippen LogP contribution is -2.47. The number of tetrazole rings is 1. The van der Waals surface area contributed by atoms with E-state index >= 15 is 0 Å². The zero-order valence-electron chi connectivity index (χ0n) is 17.1.